The van der Waals surface area contributed by atoms with Crippen molar-refractivity contribution in [2.45, 2.75) is 35.4 Å². The van der Waals surface area contributed by atoms with Crippen LogP contribution in [0.15, 0.2) is 11.6 Å². The second kappa shape index (κ2) is 4.20. The number of aliphatic hydroxyl groups is 1. The molecule has 12 heteroatoms. The molecule has 0 aromatic heterocycles. The van der Waals surface area contributed by atoms with Gasteiger partial charge in [0.05, 0.1) is 0 Å². The molecular formula is C9H10F2O8S2. The summed E-state index contributed by atoms with van der Waals surface area (Å²) < 4.78 is 88.4. The van der Waals surface area contributed by atoms with Gasteiger partial charge < -0.3 is 9.84 Å². The summed E-state index contributed by atoms with van der Waals surface area (Å²) in [6.45, 7) is 0. The first-order valence-corrected chi connectivity index (χ1v) is 8.67. The molecule has 1 aliphatic heterocycles. The Morgan fingerprint density at radius 2 is 2.10 bits per heavy atom. The van der Waals surface area contributed by atoms with Gasteiger partial charge in [-0.3, -0.25) is 8.74 Å². The van der Waals surface area contributed by atoms with E-state index in [1.54, 1.807) is 0 Å². The Kier molecular flexibility index (Phi) is 3.05. The van der Waals surface area contributed by atoms with E-state index in [4.69, 9.17) is 8.74 Å². The minimum atomic E-state index is -5.88. The fourth-order valence-electron chi connectivity index (χ4n) is 2.89. The van der Waals surface area contributed by atoms with Crippen LogP contribution in [0.25, 0.3) is 0 Å². The Hall–Kier alpha value is -0.660. The van der Waals surface area contributed by atoms with Crippen LogP contribution in [0.4, 0.5) is 8.78 Å². The van der Waals surface area contributed by atoms with E-state index in [0.717, 1.165) is 0 Å². The first kappa shape index (κ1) is 15.2. The fraction of sp³-hybridized carbons (Fsp3) is 0.778. The number of fused-ring (bicyclic) bond motifs is 1. The number of alkyl halides is 2. The van der Waals surface area contributed by atoms with Crippen LogP contribution in [-0.2, 0) is 29.2 Å². The van der Waals surface area contributed by atoms with Gasteiger partial charge in [0.2, 0.25) is 6.29 Å². The molecule has 2 N–H and O–H groups in total. The van der Waals surface area contributed by atoms with Gasteiger partial charge >= 0.3 is 15.4 Å². The molecule has 2 bridgehead atoms. The zero-order valence-electron chi connectivity index (χ0n) is 10.1. The van der Waals surface area contributed by atoms with E-state index < -0.39 is 55.2 Å². The van der Waals surface area contributed by atoms with Crippen LogP contribution in [-0.4, -0.2) is 55.5 Å². The normalized spacial score (nSPS) is 38.6. The summed E-state index contributed by atoms with van der Waals surface area (Å²) in [6, 6.07) is 0. The average molecular weight is 348 g/mol. The summed E-state index contributed by atoms with van der Waals surface area (Å²) in [5.41, 5.74) is 0.348. The lowest BCUT2D eigenvalue weighted by atomic mass is 10.0. The number of hydrogen-bond acceptors (Lipinski definition) is 7. The summed E-state index contributed by atoms with van der Waals surface area (Å²) in [7, 11) is -9.74. The standard InChI is InChI=1S/C9H10F2O8S2/c10-9(11,21(15,16)17)8(12)18-6-3-1-4-5(2-3)20(13,14)19-7(4)6/h2,4-8,12H,1H2,(H,15,16,17). The Balaban J connectivity index is 1.83. The van der Waals surface area contributed by atoms with Crippen molar-refractivity contribution < 1.29 is 44.2 Å². The molecule has 1 heterocycles. The van der Waals surface area contributed by atoms with E-state index in [0.29, 0.717) is 5.57 Å². The molecule has 0 aromatic rings. The van der Waals surface area contributed by atoms with E-state index in [1.165, 1.54) is 6.08 Å². The third-order valence-electron chi connectivity index (χ3n) is 3.84. The number of rotatable bonds is 4. The van der Waals surface area contributed by atoms with Gasteiger partial charge in [0.15, 0.2) is 0 Å². The highest BCUT2D eigenvalue weighted by Crippen LogP contribution is 2.52. The zero-order chi connectivity index (χ0) is 15.8. The Labute approximate surface area is 118 Å². The molecular weight excluding hydrogens is 338 g/mol. The summed E-state index contributed by atoms with van der Waals surface area (Å²) in [6.07, 6.45) is -3.99. The molecule has 1 saturated carbocycles. The van der Waals surface area contributed by atoms with Gasteiger partial charge in [-0.15, -0.1) is 0 Å². The summed E-state index contributed by atoms with van der Waals surface area (Å²) >= 11 is 0. The monoisotopic (exact) mass is 348 g/mol. The van der Waals surface area contributed by atoms with Gasteiger partial charge in [0.1, 0.15) is 17.5 Å². The summed E-state index contributed by atoms with van der Waals surface area (Å²) in [4.78, 5) is 0. The number of ether oxygens (including phenoxy) is 1. The molecule has 0 aromatic carbocycles. The molecule has 2 aliphatic carbocycles. The molecule has 0 radical (unpaired) electrons. The van der Waals surface area contributed by atoms with Crippen LogP contribution in [0.2, 0.25) is 0 Å². The van der Waals surface area contributed by atoms with Gasteiger partial charge in [0, 0.05) is 5.92 Å². The highest BCUT2D eigenvalue weighted by atomic mass is 32.2. The number of hydrogen-bond donors (Lipinski definition) is 2. The molecule has 0 amide bonds. The van der Waals surface area contributed by atoms with Gasteiger partial charge in [-0.05, 0) is 12.0 Å². The van der Waals surface area contributed by atoms with E-state index in [2.05, 4.69) is 4.74 Å². The molecule has 8 nitrogen and oxygen atoms in total. The van der Waals surface area contributed by atoms with Gasteiger partial charge in [-0.2, -0.15) is 25.6 Å². The molecule has 2 fully saturated rings. The van der Waals surface area contributed by atoms with Crippen LogP contribution < -0.4 is 0 Å². The predicted octanol–water partition coefficient (Wildman–Crippen LogP) is -0.772. The lowest BCUT2D eigenvalue weighted by molar-refractivity contribution is -0.221. The second-order valence-corrected chi connectivity index (χ2v) is 8.29. The van der Waals surface area contributed by atoms with Crippen LogP contribution in [0.3, 0.4) is 0 Å². The number of halogens is 2. The maximum Gasteiger partial charge on any atom is 0.418 e. The molecule has 5 unspecified atom stereocenters. The van der Waals surface area contributed by atoms with Crippen molar-refractivity contribution in [3.63, 3.8) is 0 Å². The SMILES string of the molecule is O=S1(=O)OC2C(OC(O)C(F)(F)S(=O)(=O)O)C3=CC1C2C3. The van der Waals surface area contributed by atoms with Crippen molar-refractivity contribution in [1.82, 2.24) is 0 Å². The molecule has 21 heavy (non-hydrogen) atoms. The lowest BCUT2D eigenvalue weighted by Gasteiger charge is -2.26. The van der Waals surface area contributed by atoms with E-state index >= 15 is 0 Å². The third-order valence-corrected chi connectivity index (χ3v) is 6.38. The fourth-order valence-corrected chi connectivity index (χ4v) is 4.90. The molecule has 0 spiro atoms. The lowest BCUT2D eigenvalue weighted by Crippen LogP contribution is -2.46. The quantitative estimate of drug-likeness (QED) is 0.293. The van der Waals surface area contributed by atoms with Crippen LogP contribution >= 0.6 is 0 Å². The van der Waals surface area contributed by atoms with Crippen LogP contribution in [0, 0.1) is 5.92 Å². The topological polar surface area (TPSA) is 127 Å². The van der Waals surface area contributed by atoms with Gasteiger partial charge in [0.25, 0.3) is 10.1 Å². The minimum absolute atomic E-state index is 0.239. The average Bonchev–Trinajstić information content (AvgIpc) is 2.91. The molecule has 1 saturated heterocycles. The maximum absolute atomic E-state index is 13.2. The van der Waals surface area contributed by atoms with Gasteiger partial charge in [-0.1, -0.05) is 6.08 Å². The third kappa shape index (κ3) is 2.04. The first-order valence-electron chi connectivity index (χ1n) is 5.76. The van der Waals surface area contributed by atoms with Crippen LogP contribution in [0.5, 0.6) is 0 Å². The van der Waals surface area contributed by atoms with Crippen LogP contribution in [0.1, 0.15) is 6.42 Å². The Morgan fingerprint density at radius 1 is 1.48 bits per heavy atom. The largest absolute Gasteiger partial charge is 0.418 e. The molecule has 120 valence electrons. The Bertz CT molecular complexity index is 712. The smallest absolute Gasteiger partial charge is 0.362 e. The number of aliphatic hydroxyl groups excluding tert-OH is 1. The Morgan fingerprint density at radius 3 is 2.67 bits per heavy atom. The van der Waals surface area contributed by atoms with E-state index in [9.17, 15) is 30.7 Å². The minimum Gasteiger partial charge on any atom is -0.362 e. The molecule has 5 atom stereocenters. The maximum atomic E-state index is 13.2. The summed E-state index contributed by atoms with van der Waals surface area (Å²) in [5, 5.41) is 3.41. The summed E-state index contributed by atoms with van der Waals surface area (Å²) in [5.74, 6) is -0.499. The van der Waals surface area contributed by atoms with Crippen molar-refractivity contribution >= 4 is 20.2 Å². The van der Waals surface area contributed by atoms with Crippen molar-refractivity contribution in [2.24, 2.45) is 5.92 Å². The highest BCUT2D eigenvalue weighted by molar-refractivity contribution is 7.87. The highest BCUT2D eigenvalue weighted by Gasteiger charge is 2.62. The zero-order valence-corrected chi connectivity index (χ0v) is 11.7. The van der Waals surface area contributed by atoms with Crippen molar-refractivity contribution in [2.75, 3.05) is 0 Å². The van der Waals surface area contributed by atoms with Crippen molar-refractivity contribution in [3.8, 4) is 0 Å². The molecule has 3 aliphatic rings. The second-order valence-electron chi connectivity index (χ2n) is 5.07. The van der Waals surface area contributed by atoms with Gasteiger partial charge in [-0.25, -0.2) is 0 Å². The van der Waals surface area contributed by atoms with Crippen molar-refractivity contribution in [3.05, 3.63) is 11.6 Å². The predicted molar refractivity (Wildman–Crippen MR) is 61.1 cm³/mol. The molecule has 3 rings (SSSR count). The van der Waals surface area contributed by atoms with E-state index in [-0.39, 0.29) is 6.42 Å². The van der Waals surface area contributed by atoms with E-state index in [1.807, 2.05) is 0 Å². The first-order chi connectivity index (χ1) is 9.45. The van der Waals surface area contributed by atoms with Crippen molar-refractivity contribution in [1.29, 1.82) is 0 Å².